The number of carbonyl (C=O) groups excluding carboxylic acids is 2. The van der Waals surface area contributed by atoms with Crippen molar-refractivity contribution < 1.29 is 19.1 Å². The standard InChI is InChI=1S/C24H28N2O4S2/c25-21(13-27)15-29-9-5-19-7-11-31-23(19)17-1-2-18(4-3-17)24-20(8-12-32-24)6-10-30-16-22(26)14-28/h1-4,7-8,11-14,21-22H,5-6,9-10,15-16,25-26H2. The Bertz CT molecular complexity index is 905. The van der Waals surface area contributed by atoms with E-state index in [9.17, 15) is 9.59 Å². The maximum atomic E-state index is 10.6. The van der Waals surface area contributed by atoms with E-state index < -0.39 is 12.1 Å². The lowest BCUT2D eigenvalue weighted by Crippen LogP contribution is -2.27. The zero-order chi connectivity index (χ0) is 22.8. The predicted molar refractivity (Wildman–Crippen MR) is 130 cm³/mol. The highest BCUT2D eigenvalue weighted by Crippen LogP contribution is 2.34. The third-order valence-corrected chi connectivity index (χ3v) is 6.92. The Hall–Kier alpha value is -2.20. The van der Waals surface area contributed by atoms with Crippen LogP contribution in [0.25, 0.3) is 20.9 Å². The Morgan fingerprint density at radius 2 is 1.12 bits per heavy atom. The van der Waals surface area contributed by atoms with E-state index in [4.69, 9.17) is 20.9 Å². The van der Waals surface area contributed by atoms with Crippen LogP contribution in [0.5, 0.6) is 0 Å². The Kier molecular flexibility index (Phi) is 9.73. The minimum absolute atomic E-state index is 0.246. The van der Waals surface area contributed by atoms with Crippen molar-refractivity contribution in [2.24, 2.45) is 11.5 Å². The van der Waals surface area contributed by atoms with Crippen molar-refractivity contribution >= 4 is 35.2 Å². The van der Waals surface area contributed by atoms with Crippen LogP contribution in [0.1, 0.15) is 11.1 Å². The molecule has 0 bridgehead atoms. The molecule has 3 aromatic rings. The summed E-state index contributed by atoms with van der Waals surface area (Å²) in [5.41, 5.74) is 15.9. The second kappa shape index (κ2) is 12.7. The predicted octanol–water partition coefficient (Wildman–Crippen LogP) is 3.31. The molecular weight excluding hydrogens is 444 g/mol. The summed E-state index contributed by atoms with van der Waals surface area (Å²) in [6.07, 6.45) is 2.95. The van der Waals surface area contributed by atoms with Gasteiger partial charge in [-0.15, -0.1) is 22.7 Å². The molecule has 0 spiro atoms. The molecule has 0 aliphatic carbocycles. The van der Waals surface area contributed by atoms with Gasteiger partial charge in [-0.2, -0.15) is 0 Å². The molecule has 0 saturated heterocycles. The first-order chi connectivity index (χ1) is 15.6. The van der Waals surface area contributed by atoms with Crippen LogP contribution in [-0.2, 0) is 31.9 Å². The zero-order valence-corrected chi connectivity index (χ0v) is 19.4. The van der Waals surface area contributed by atoms with Gasteiger partial charge >= 0.3 is 0 Å². The molecule has 1 aromatic carbocycles. The van der Waals surface area contributed by atoms with Gasteiger partial charge in [-0.1, -0.05) is 24.3 Å². The van der Waals surface area contributed by atoms with E-state index in [0.29, 0.717) is 25.8 Å². The van der Waals surface area contributed by atoms with E-state index in [1.165, 1.54) is 32.0 Å². The van der Waals surface area contributed by atoms with Gasteiger partial charge < -0.3 is 30.5 Å². The number of ether oxygens (including phenoxy) is 2. The monoisotopic (exact) mass is 472 g/mol. The summed E-state index contributed by atoms with van der Waals surface area (Å²) in [7, 11) is 0. The van der Waals surface area contributed by atoms with Crippen LogP contribution in [0.15, 0.2) is 47.2 Å². The van der Waals surface area contributed by atoms with Crippen LogP contribution < -0.4 is 11.5 Å². The average Bonchev–Trinajstić information content (AvgIpc) is 3.49. The fourth-order valence-corrected chi connectivity index (χ4v) is 5.15. The van der Waals surface area contributed by atoms with Gasteiger partial charge in [-0.3, -0.25) is 0 Å². The average molecular weight is 473 g/mol. The number of aldehydes is 2. The van der Waals surface area contributed by atoms with Crippen LogP contribution >= 0.6 is 22.7 Å². The molecule has 2 unspecified atom stereocenters. The van der Waals surface area contributed by atoms with Crippen molar-refractivity contribution in [3.8, 4) is 20.9 Å². The van der Waals surface area contributed by atoms with Gasteiger partial charge in [-0.05, 0) is 58.0 Å². The fourth-order valence-electron chi connectivity index (χ4n) is 3.23. The molecule has 8 heteroatoms. The summed E-state index contributed by atoms with van der Waals surface area (Å²) in [5.74, 6) is 0. The molecule has 2 heterocycles. The summed E-state index contributed by atoms with van der Waals surface area (Å²) < 4.78 is 11.0. The summed E-state index contributed by atoms with van der Waals surface area (Å²) in [4.78, 5) is 23.6. The summed E-state index contributed by atoms with van der Waals surface area (Å²) >= 11 is 3.42. The summed E-state index contributed by atoms with van der Waals surface area (Å²) in [6.45, 7) is 1.55. The van der Waals surface area contributed by atoms with Gasteiger partial charge in [0.1, 0.15) is 12.6 Å². The smallest absolute Gasteiger partial charge is 0.139 e. The molecule has 3 rings (SSSR count). The Labute approximate surface area is 196 Å². The minimum Gasteiger partial charge on any atom is -0.379 e. The van der Waals surface area contributed by atoms with Gasteiger partial charge in [0.05, 0.1) is 38.5 Å². The van der Waals surface area contributed by atoms with Crippen molar-refractivity contribution in [1.82, 2.24) is 0 Å². The molecule has 4 N–H and O–H groups in total. The lowest BCUT2D eigenvalue weighted by molar-refractivity contribution is -0.110. The van der Waals surface area contributed by atoms with Gasteiger partial charge in [0.25, 0.3) is 0 Å². The number of thiophene rings is 2. The quantitative estimate of drug-likeness (QED) is 0.276. The third-order valence-electron chi connectivity index (χ3n) is 4.90. The van der Waals surface area contributed by atoms with Crippen molar-refractivity contribution in [3.63, 3.8) is 0 Å². The van der Waals surface area contributed by atoms with Crippen LogP contribution in [0.2, 0.25) is 0 Å². The van der Waals surface area contributed by atoms with E-state index >= 15 is 0 Å². The lowest BCUT2D eigenvalue weighted by atomic mass is 10.0. The first-order valence-corrected chi connectivity index (χ1v) is 12.2. The molecule has 0 fully saturated rings. The van der Waals surface area contributed by atoms with E-state index in [0.717, 1.165) is 12.8 Å². The van der Waals surface area contributed by atoms with Gasteiger partial charge in [0, 0.05) is 9.75 Å². The molecular formula is C24H28N2O4S2. The van der Waals surface area contributed by atoms with Gasteiger partial charge in [0.2, 0.25) is 0 Å². The van der Waals surface area contributed by atoms with E-state index in [2.05, 4.69) is 47.2 Å². The Balaban J connectivity index is 1.60. The maximum Gasteiger partial charge on any atom is 0.139 e. The van der Waals surface area contributed by atoms with Gasteiger partial charge in [0.15, 0.2) is 0 Å². The zero-order valence-electron chi connectivity index (χ0n) is 17.8. The molecule has 2 atom stereocenters. The number of hydrogen-bond acceptors (Lipinski definition) is 8. The first-order valence-electron chi connectivity index (χ1n) is 10.4. The van der Waals surface area contributed by atoms with Crippen LogP contribution in [-0.4, -0.2) is 51.1 Å². The SMILES string of the molecule is NC(C=O)COCCc1ccsc1-c1ccc(-c2sccc2CCOCC(N)C=O)cc1. The van der Waals surface area contributed by atoms with Crippen molar-refractivity contribution in [1.29, 1.82) is 0 Å². The second-order valence-electron chi connectivity index (χ2n) is 7.38. The highest BCUT2D eigenvalue weighted by Gasteiger charge is 2.11. The normalized spacial score (nSPS) is 13.1. The largest absolute Gasteiger partial charge is 0.379 e. The Morgan fingerprint density at radius 1 is 0.719 bits per heavy atom. The number of rotatable bonds is 14. The van der Waals surface area contributed by atoms with Crippen molar-refractivity contribution in [2.75, 3.05) is 26.4 Å². The first kappa shape index (κ1) is 24.4. The van der Waals surface area contributed by atoms with Crippen LogP contribution in [0.4, 0.5) is 0 Å². The molecule has 0 radical (unpaired) electrons. The number of nitrogens with two attached hydrogens (primary N) is 2. The third kappa shape index (κ3) is 6.90. The molecule has 0 amide bonds. The van der Waals surface area contributed by atoms with Crippen LogP contribution in [0, 0.1) is 0 Å². The van der Waals surface area contributed by atoms with Crippen LogP contribution in [0.3, 0.4) is 0 Å². The summed E-state index contributed by atoms with van der Waals surface area (Å²) in [6, 6.07) is 11.7. The molecule has 2 aromatic heterocycles. The Morgan fingerprint density at radius 3 is 1.50 bits per heavy atom. The highest BCUT2D eigenvalue weighted by molar-refractivity contribution is 7.14. The van der Waals surface area contributed by atoms with Crippen molar-refractivity contribution in [2.45, 2.75) is 24.9 Å². The molecule has 0 aliphatic rings. The second-order valence-corrected chi connectivity index (χ2v) is 9.21. The fraction of sp³-hybridized carbons (Fsp3) is 0.333. The van der Waals surface area contributed by atoms with Gasteiger partial charge in [-0.25, -0.2) is 0 Å². The minimum atomic E-state index is -0.563. The summed E-state index contributed by atoms with van der Waals surface area (Å²) in [5, 5.41) is 4.17. The lowest BCUT2D eigenvalue weighted by Gasteiger charge is -2.09. The molecule has 6 nitrogen and oxygen atoms in total. The van der Waals surface area contributed by atoms with E-state index in [-0.39, 0.29) is 13.2 Å². The maximum absolute atomic E-state index is 10.6. The topological polar surface area (TPSA) is 105 Å². The number of benzene rings is 1. The molecule has 32 heavy (non-hydrogen) atoms. The van der Waals surface area contributed by atoms with E-state index in [1.807, 2.05) is 0 Å². The molecule has 170 valence electrons. The highest BCUT2D eigenvalue weighted by atomic mass is 32.1. The van der Waals surface area contributed by atoms with Crippen molar-refractivity contribution in [3.05, 3.63) is 58.3 Å². The number of hydrogen-bond donors (Lipinski definition) is 2. The van der Waals surface area contributed by atoms with E-state index in [1.54, 1.807) is 22.7 Å². The molecule has 0 saturated carbocycles. The molecule has 0 aliphatic heterocycles. The number of carbonyl (C=O) groups is 2.